The van der Waals surface area contributed by atoms with Gasteiger partial charge in [0.05, 0.1) is 5.56 Å². The highest BCUT2D eigenvalue weighted by molar-refractivity contribution is 5.97. The Balaban J connectivity index is 1.51. The summed E-state index contributed by atoms with van der Waals surface area (Å²) in [4.78, 5) is 49.7. The van der Waals surface area contributed by atoms with Gasteiger partial charge < -0.3 is 9.64 Å². The number of ether oxygens (including phenoxy) is 1. The van der Waals surface area contributed by atoms with Gasteiger partial charge in [-0.2, -0.15) is 0 Å². The normalized spacial score (nSPS) is 14.2. The van der Waals surface area contributed by atoms with Crippen molar-refractivity contribution in [1.82, 2.24) is 10.9 Å². The summed E-state index contributed by atoms with van der Waals surface area (Å²) in [7, 11) is 0. The second-order valence-electron chi connectivity index (χ2n) is 6.55. The van der Waals surface area contributed by atoms with Crippen molar-refractivity contribution in [2.24, 2.45) is 0 Å². The van der Waals surface area contributed by atoms with Crippen molar-refractivity contribution in [2.45, 2.75) is 25.9 Å². The molecule has 2 N–H and O–H groups in total. The van der Waals surface area contributed by atoms with Crippen LogP contribution >= 0.6 is 0 Å². The summed E-state index contributed by atoms with van der Waals surface area (Å²) in [6.45, 7) is 2.06. The number of hydrazine groups is 1. The standard InChI is InChI=1S/C21H21N3O5/c1-14(19(26)22-23-20(27)15-6-3-2-4-7-15)29-21(28)16-9-11-17(12-10-16)24-13-5-8-18(24)25/h2-4,6-7,9-12,14H,5,8,13H2,1H3,(H,22,26)(H,23,27)/t14-/m0/s1. The highest BCUT2D eigenvalue weighted by Crippen LogP contribution is 2.21. The maximum atomic E-state index is 12.2. The fourth-order valence-electron chi connectivity index (χ4n) is 2.86. The third-order valence-corrected chi connectivity index (χ3v) is 4.48. The molecule has 2 aromatic carbocycles. The van der Waals surface area contributed by atoms with E-state index in [4.69, 9.17) is 4.74 Å². The molecule has 1 fully saturated rings. The predicted molar refractivity (Wildman–Crippen MR) is 105 cm³/mol. The largest absolute Gasteiger partial charge is 0.449 e. The molecule has 0 aromatic heterocycles. The Labute approximate surface area is 167 Å². The van der Waals surface area contributed by atoms with E-state index in [1.54, 1.807) is 59.5 Å². The Hall–Kier alpha value is -3.68. The van der Waals surface area contributed by atoms with Gasteiger partial charge in [-0.25, -0.2) is 4.79 Å². The molecule has 8 nitrogen and oxygen atoms in total. The molecule has 1 atom stereocenters. The van der Waals surface area contributed by atoms with Crippen LogP contribution in [0.25, 0.3) is 0 Å². The molecule has 8 heteroatoms. The van der Waals surface area contributed by atoms with Crippen LogP contribution in [0, 0.1) is 0 Å². The number of rotatable bonds is 5. The molecule has 0 radical (unpaired) electrons. The second-order valence-corrected chi connectivity index (χ2v) is 6.55. The molecule has 2 aromatic rings. The Kier molecular flexibility index (Phi) is 6.23. The summed E-state index contributed by atoms with van der Waals surface area (Å²) in [5, 5.41) is 0. The van der Waals surface area contributed by atoms with Crippen LogP contribution in [0.4, 0.5) is 5.69 Å². The summed E-state index contributed by atoms with van der Waals surface area (Å²) in [5.74, 6) is -1.77. The summed E-state index contributed by atoms with van der Waals surface area (Å²) in [6, 6.07) is 14.8. The Morgan fingerprint density at radius 3 is 2.28 bits per heavy atom. The van der Waals surface area contributed by atoms with Crippen molar-refractivity contribution in [3.8, 4) is 0 Å². The number of anilines is 1. The number of nitrogens with zero attached hydrogens (tertiary/aromatic N) is 1. The Morgan fingerprint density at radius 1 is 0.966 bits per heavy atom. The summed E-state index contributed by atoms with van der Waals surface area (Å²) in [6.07, 6.45) is 0.228. The molecule has 1 heterocycles. The highest BCUT2D eigenvalue weighted by atomic mass is 16.5. The van der Waals surface area contributed by atoms with Crippen LogP contribution in [-0.4, -0.2) is 36.3 Å². The van der Waals surface area contributed by atoms with Crippen molar-refractivity contribution in [2.75, 3.05) is 11.4 Å². The molecule has 0 saturated carbocycles. The predicted octanol–water partition coefficient (Wildman–Crippen LogP) is 1.82. The molecule has 0 unspecified atom stereocenters. The van der Waals surface area contributed by atoms with Gasteiger partial charge in [-0.15, -0.1) is 0 Å². The molecule has 150 valence electrons. The smallest absolute Gasteiger partial charge is 0.338 e. The van der Waals surface area contributed by atoms with Gasteiger partial charge in [0.1, 0.15) is 0 Å². The van der Waals surface area contributed by atoms with Crippen molar-refractivity contribution < 1.29 is 23.9 Å². The summed E-state index contributed by atoms with van der Waals surface area (Å²) < 4.78 is 5.14. The van der Waals surface area contributed by atoms with Crippen LogP contribution in [0.2, 0.25) is 0 Å². The monoisotopic (exact) mass is 395 g/mol. The lowest BCUT2D eigenvalue weighted by atomic mass is 10.2. The Morgan fingerprint density at radius 2 is 1.66 bits per heavy atom. The van der Waals surface area contributed by atoms with Crippen LogP contribution in [0.1, 0.15) is 40.5 Å². The van der Waals surface area contributed by atoms with E-state index >= 15 is 0 Å². The maximum absolute atomic E-state index is 12.2. The van der Waals surface area contributed by atoms with Crippen molar-refractivity contribution in [3.05, 3.63) is 65.7 Å². The zero-order valence-corrected chi connectivity index (χ0v) is 15.9. The van der Waals surface area contributed by atoms with E-state index in [9.17, 15) is 19.2 Å². The van der Waals surface area contributed by atoms with Crippen molar-refractivity contribution in [3.63, 3.8) is 0 Å². The van der Waals surface area contributed by atoms with E-state index in [-0.39, 0.29) is 11.5 Å². The molecule has 3 amide bonds. The van der Waals surface area contributed by atoms with E-state index in [0.717, 1.165) is 12.1 Å². The van der Waals surface area contributed by atoms with Gasteiger partial charge in [0.2, 0.25) is 5.91 Å². The molecule has 0 spiro atoms. The van der Waals surface area contributed by atoms with Crippen LogP contribution in [0.3, 0.4) is 0 Å². The van der Waals surface area contributed by atoms with Crippen LogP contribution in [-0.2, 0) is 14.3 Å². The van der Waals surface area contributed by atoms with Gasteiger partial charge in [-0.3, -0.25) is 25.2 Å². The lowest BCUT2D eigenvalue weighted by Crippen LogP contribution is -2.46. The number of benzene rings is 2. The first-order valence-corrected chi connectivity index (χ1v) is 9.22. The number of hydrogen-bond donors (Lipinski definition) is 2. The van der Waals surface area contributed by atoms with Crippen LogP contribution < -0.4 is 15.8 Å². The molecule has 1 aliphatic rings. The number of carbonyl (C=O) groups is 4. The number of amides is 3. The van der Waals surface area contributed by atoms with E-state index in [1.165, 1.54) is 6.92 Å². The van der Waals surface area contributed by atoms with E-state index in [1.807, 2.05) is 0 Å². The lowest BCUT2D eigenvalue weighted by molar-refractivity contribution is -0.129. The van der Waals surface area contributed by atoms with Gasteiger partial charge in [0.25, 0.3) is 11.8 Å². The Bertz CT molecular complexity index is 912. The number of hydrogen-bond acceptors (Lipinski definition) is 5. The third-order valence-electron chi connectivity index (χ3n) is 4.48. The topological polar surface area (TPSA) is 105 Å². The van der Waals surface area contributed by atoms with Gasteiger partial charge in [-0.1, -0.05) is 18.2 Å². The molecule has 0 aliphatic carbocycles. The fraction of sp³-hybridized carbons (Fsp3) is 0.238. The van der Waals surface area contributed by atoms with E-state index in [0.29, 0.717) is 18.5 Å². The molecule has 3 rings (SSSR count). The zero-order valence-electron chi connectivity index (χ0n) is 15.9. The molecule has 29 heavy (non-hydrogen) atoms. The molecule has 1 aliphatic heterocycles. The first-order chi connectivity index (χ1) is 14.0. The number of esters is 1. The number of carbonyl (C=O) groups excluding carboxylic acids is 4. The van der Waals surface area contributed by atoms with Gasteiger partial charge in [0.15, 0.2) is 6.10 Å². The van der Waals surface area contributed by atoms with Crippen LogP contribution in [0.15, 0.2) is 54.6 Å². The van der Waals surface area contributed by atoms with E-state index in [2.05, 4.69) is 10.9 Å². The SMILES string of the molecule is C[C@H](OC(=O)c1ccc(N2CCCC2=O)cc1)C(=O)NNC(=O)c1ccccc1. The molecular formula is C21H21N3O5. The average molecular weight is 395 g/mol. The van der Waals surface area contributed by atoms with Gasteiger partial charge >= 0.3 is 5.97 Å². The minimum Gasteiger partial charge on any atom is -0.449 e. The van der Waals surface area contributed by atoms with Crippen molar-refractivity contribution >= 4 is 29.4 Å². The minimum absolute atomic E-state index is 0.0585. The zero-order chi connectivity index (χ0) is 20.8. The molecule has 1 saturated heterocycles. The first kappa shape index (κ1) is 20.1. The molecule has 0 bridgehead atoms. The third kappa shape index (κ3) is 4.98. The van der Waals surface area contributed by atoms with Gasteiger partial charge in [-0.05, 0) is 49.7 Å². The lowest BCUT2D eigenvalue weighted by Gasteiger charge is -2.16. The van der Waals surface area contributed by atoms with Crippen LogP contribution in [0.5, 0.6) is 0 Å². The number of nitrogens with one attached hydrogen (secondary N) is 2. The maximum Gasteiger partial charge on any atom is 0.338 e. The highest BCUT2D eigenvalue weighted by Gasteiger charge is 2.23. The second kappa shape index (κ2) is 9.01. The summed E-state index contributed by atoms with van der Waals surface area (Å²) in [5.41, 5.74) is 5.86. The minimum atomic E-state index is -1.11. The fourth-order valence-corrected chi connectivity index (χ4v) is 2.86. The van der Waals surface area contributed by atoms with Gasteiger partial charge in [0, 0.05) is 24.2 Å². The van der Waals surface area contributed by atoms with E-state index < -0.39 is 23.9 Å². The first-order valence-electron chi connectivity index (χ1n) is 9.22. The average Bonchev–Trinajstić information content (AvgIpc) is 3.18. The quantitative estimate of drug-likeness (QED) is 0.594. The molecular weight excluding hydrogens is 374 g/mol. The summed E-state index contributed by atoms with van der Waals surface area (Å²) >= 11 is 0. The van der Waals surface area contributed by atoms with Crippen molar-refractivity contribution in [1.29, 1.82) is 0 Å².